The van der Waals surface area contributed by atoms with Crippen molar-refractivity contribution in [2.45, 2.75) is 58.4 Å². The minimum absolute atomic E-state index is 0.0154. The number of aliphatic hydroxyl groups is 1. The van der Waals surface area contributed by atoms with Crippen LogP contribution in [0.5, 0.6) is 0 Å². The smallest absolute Gasteiger partial charge is 0.292 e. The van der Waals surface area contributed by atoms with Crippen LogP contribution in [0.4, 0.5) is 8.78 Å². The van der Waals surface area contributed by atoms with Gasteiger partial charge in [-0.05, 0) is 42.2 Å². The molecule has 2 N–H and O–H groups in total. The van der Waals surface area contributed by atoms with E-state index in [0.29, 0.717) is 22.7 Å². The summed E-state index contributed by atoms with van der Waals surface area (Å²) in [6, 6.07) is 7.51. The minimum Gasteiger partial charge on any atom is -0.390 e. The number of hydrogen-bond acceptors (Lipinski definition) is 7. The lowest BCUT2D eigenvalue weighted by Gasteiger charge is -2.11. The topological polar surface area (TPSA) is 118 Å². The summed E-state index contributed by atoms with van der Waals surface area (Å²) in [4.78, 5) is 21.0. The number of halogens is 2. The van der Waals surface area contributed by atoms with Gasteiger partial charge in [-0.15, -0.1) is 0 Å². The molecule has 0 aliphatic carbocycles. The molecule has 0 bridgehead atoms. The van der Waals surface area contributed by atoms with E-state index in [1.54, 1.807) is 16.8 Å². The van der Waals surface area contributed by atoms with E-state index < -0.39 is 24.9 Å². The molecule has 3 aromatic heterocycles. The van der Waals surface area contributed by atoms with Crippen molar-refractivity contribution < 1.29 is 23.2 Å². The quantitative estimate of drug-likeness (QED) is 0.379. The molecular formula is C25H28F2N6O3. The number of aliphatic hydroxyl groups excluding tert-OH is 1. The van der Waals surface area contributed by atoms with Crippen molar-refractivity contribution in [3.63, 3.8) is 0 Å². The summed E-state index contributed by atoms with van der Waals surface area (Å²) >= 11 is 0. The molecule has 0 saturated carbocycles. The van der Waals surface area contributed by atoms with E-state index >= 15 is 0 Å². The molecule has 4 rings (SSSR count). The van der Waals surface area contributed by atoms with Gasteiger partial charge in [0.15, 0.2) is 0 Å². The first-order valence-corrected chi connectivity index (χ1v) is 11.5. The van der Waals surface area contributed by atoms with Crippen molar-refractivity contribution in [3.8, 4) is 11.3 Å². The second kappa shape index (κ2) is 9.73. The lowest BCUT2D eigenvalue weighted by atomic mass is 9.97. The number of amides is 1. The summed E-state index contributed by atoms with van der Waals surface area (Å²) in [6.45, 7) is 6.79. The van der Waals surface area contributed by atoms with Crippen LogP contribution in [-0.4, -0.2) is 48.3 Å². The van der Waals surface area contributed by atoms with Crippen LogP contribution in [0.2, 0.25) is 0 Å². The summed E-state index contributed by atoms with van der Waals surface area (Å²) in [7, 11) is 0. The zero-order chi connectivity index (χ0) is 26.1. The van der Waals surface area contributed by atoms with Crippen LogP contribution in [0.3, 0.4) is 0 Å². The highest BCUT2D eigenvalue weighted by molar-refractivity contribution is 5.90. The fourth-order valence-electron chi connectivity index (χ4n) is 3.67. The van der Waals surface area contributed by atoms with Crippen molar-refractivity contribution in [1.29, 1.82) is 0 Å². The van der Waals surface area contributed by atoms with Gasteiger partial charge in [0.25, 0.3) is 17.7 Å². The number of nitrogens with zero attached hydrogens (tertiary/aromatic N) is 5. The first-order valence-electron chi connectivity index (χ1n) is 11.5. The second-order valence-electron chi connectivity index (χ2n) is 9.80. The Balaban J connectivity index is 1.49. The maximum Gasteiger partial charge on any atom is 0.292 e. The SMILES string of the molecule is Cc1cc(-c2ncnn3cc(CCC(F)(F)CO)cc23)ccc1CNC(=O)c1noc(C(C)(C)C)n1. The molecule has 190 valence electrons. The molecule has 0 spiro atoms. The summed E-state index contributed by atoms with van der Waals surface area (Å²) in [5.41, 5.74) is 4.33. The van der Waals surface area contributed by atoms with Crippen LogP contribution >= 0.6 is 0 Å². The molecule has 11 heteroatoms. The number of nitrogens with one attached hydrogen (secondary N) is 1. The Hall–Kier alpha value is -3.73. The molecule has 1 amide bonds. The fourth-order valence-corrected chi connectivity index (χ4v) is 3.67. The molecular weight excluding hydrogens is 470 g/mol. The standard InChI is InChI=1S/C25H28F2N6O3/c1-15-9-17(5-6-18(15)11-28-22(35)21-31-23(36-32-21)24(2,3)4)20-19-10-16(7-8-25(26,27)13-34)12-33(19)30-14-29-20/h5-6,9-10,12,14,34H,7-8,11,13H2,1-4H3,(H,28,35). The predicted octanol–water partition coefficient (Wildman–Crippen LogP) is 3.88. The number of benzene rings is 1. The average Bonchev–Trinajstić information content (AvgIpc) is 3.49. The third-order valence-electron chi connectivity index (χ3n) is 5.80. The molecule has 0 unspecified atom stereocenters. The molecule has 0 saturated heterocycles. The maximum atomic E-state index is 13.5. The summed E-state index contributed by atoms with van der Waals surface area (Å²) < 4.78 is 33.7. The number of aromatic nitrogens is 5. The van der Waals surface area contributed by atoms with Crippen LogP contribution < -0.4 is 5.32 Å². The summed E-state index contributed by atoms with van der Waals surface area (Å²) in [5.74, 6) is -3.18. The monoisotopic (exact) mass is 498 g/mol. The lowest BCUT2D eigenvalue weighted by molar-refractivity contribution is -0.0558. The van der Waals surface area contributed by atoms with Gasteiger partial charge in [0, 0.05) is 30.1 Å². The van der Waals surface area contributed by atoms with Gasteiger partial charge in [0.05, 0.1) is 11.2 Å². The summed E-state index contributed by atoms with van der Waals surface area (Å²) in [6.07, 6.45) is 2.75. The Labute approximate surface area is 206 Å². The molecule has 0 radical (unpaired) electrons. The van der Waals surface area contributed by atoms with Gasteiger partial charge in [-0.2, -0.15) is 10.1 Å². The Morgan fingerprint density at radius 3 is 2.67 bits per heavy atom. The van der Waals surface area contributed by atoms with Crippen LogP contribution in [0.15, 0.2) is 41.3 Å². The van der Waals surface area contributed by atoms with E-state index in [2.05, 4.69) is 25.5 Å². The zero-order valence-corrected chi connectivity index (χ0v) is 20.5. The Morgan fingerprint density at radius 2 is 2.00 bits per heavy atom. The van der Waals surface area contributed by atoms with E-state index in [1.165, 1.54) is 6.33 Å². The van der Waals surface area contributed by atoms with Crippen LogP contribution in [0.25, 0.3) is 16.8 Å². The normalized spacial score (nSPS) is 12.3. The second-order valence-corrected chi connectivity index (χ2v) is 9.80. The largest absolute Gasteiger partial charge is 0.390 e. The average molecular weight is 499 g/mol. The fraction of sp³-hybridized carbons (Fsp3) is 0.400. The molecule has 0 aliphatic rings. The van der Waals surface area contributed by atoms with E-state index in [1.807, 2.05) is 45.9 Å². The van der Waals surface area contributed by atoms with Gasteiger partial charge in [0.1, 0.15) is 12.9 Å². The lowest BCUT2D eigenvalue weighted by Crippen LogP contribution is -2.24. The molecule has 4 aromatic rings. The number of carbonyl (C=O) groups excluding carboxylic acids is 1. The third kappa shape index (κ3) is 5.56. The van der Waals surface area contributed by atoms with Gasteiger partial charge in [-0.25, -0.2) is 18.3 Å². The van der Waals surface area contributed by atoms with Crippen molar-refractivity contribution in [1.82, 2.24) is 30.1 Å². The van der Waals surface area contributed by atoms with Crippen molar-refractivity contribution in [3.05, 3.63) is 65.2 Å². The van der Waals surface area contributed by atoms with Crippen LogP contribution in [-0.2, 0) is 18.4 Å². The van der Waals surface area contributed by atoms with E-state index in [4.69, 9.17) is 9.63 Å². The number of aryl methyl sites for hydroxylation is 2. The molecule has 3 heterocycles. The predicted molar refractivity (Wildman–Crippen MR) is 128 cm³/mol. The molecule has 1 aromatic carbocycles. The third-order valence-corrected chi connectivity index (χ3v) is 5.80. The highest BCUT2D eigenvalue weighted by Crippen LogP contribution is 2.27. The Bertz CT molecular complexity index is 1390. The van der Waals surface area contributed by atoms with E-state index in [0.717, 1.165) is 16.7 Å². The zero-order valence-electron chi connectivity index (χ0n) is 20.5. The summed E-state index contributed by atoms with van der Waals surface area (Å²) in [5, 5.41) is 19.6. The van der Waals surface area contributed by atoms with Crippen LogP contribution in [0, 0.1) is 6.92 Å². The number of alkyl halides is 2. The Kier molecular flexibility index (Phi) is 6.85. The van der Waals surface area contributed by atoms with Crippen LogP contribution in [0.1, 0.15) is 60.4 Å². The molecule has 0 aliphatic heterocycles. The first-order chi connectivity index (χ1) is 17.0. The number of rotatable bonds is 8. The van der Waals surface area contributed by atoms with Crippen molar-refractivity contribution in [2.75, 3.05) is 6.61 Å². The molecule has 36 heavy (non-hydrogen) atoms. The molecule has 0 atom stereocenters. The minimum atomic E-state index is -3.12. The van der Waals surface area contributed by atoms with E-state index in [9.17, 15) is 13.6 Å². The van der Waals surface area contributed by atoms with Gasteiger partial charge < -0.3 is 14.9 Å². The Morgan fingerprint density at radius 1 is 1.22 bits per heavy atom. The van der Waals surface area contributed by atoms with E-state index in [-0.39, 0.29) is 24.2 Å². The van der Waals surface area contributed by atoms with Gasteiger partial charge in [0.2, 0.25) is 5.89 Å². The van der Waals surface area contributed by atoms with Crippen molar-refractivity contribution >= 4 is 11.4 Å². The molecule has 9 nitrogen and oxygen atoms in total. The van der Waals surface area contributed by atoms with Gasteiger partial charge >= 0.3 is 0 Å². The highest BCUT2D eigenvalue weighted by Gasteiger charge is 2.27. The van der Waals surface area contributed by atoms with Crippen molar-refractivity contribution in [2.24, 2.45) is 0 Å². The number of fused-ring (bicyclic) bond motifs is 1. The van der Waals surface area contributed by atoms with Gasteiger partial charge in [-0.1, -0.05) is 38.1 Å². The number of carbonyl (C=O) groups is 1. The maximum absolute atomic E-state index is 13.5. The first kappa shape index (κ1) is 25.4. The van der Waals surface area contributed by atoms with Gasteiger partial charge in [-0.3, -0.25) is 4.79 Å². The highest BCUT2D eigenvalue weighted by atomic mass is 19.3. The molecule has 0 fully saturated rings. The number of hydrogen-bond donors (Lipinski definition) is 2.